The number of carbonyl (C=O) groups is 2. The number of hydrogen-bond acceptors (Lipinski definition) is 6. The number of ether oxygens (including phenoxy) is 2. The Morgan fingerprint density at radius 3 is 2.17 bits per heavy atom. The van der Waals surface area contributed by atoms with Gasteiger partial charge in [-0.3, -0.25) is 9.59 Å². The summed E-state index contributed by atoms with van der Waals surface area (Å²) in [4.78, 5) is 29.2. The van der Waals surface area contributed by atoms with Crippen molar-refractivity contribution >= 4 is 21.8 Å². The maximum atomic E-state index is 13.8. The first kappa shape index (κ1) is 31.8. The second-order valence-corrected chi connectivity index (χ2v) is 11.2. The lowest BCUT2D eigenvalue weighted by Gasteiger charge is -2.32. The lowest BCUT2D eigenvalue weighted by Crippen LogP contribution is -2.43. The summed E-state index contributed by atoms with van der Waals surface area (Å²) in [5, 5.41) is 2.96. The second kappa shape index (κ2) is 15.9. The molecule has 10 heteroatoms. The number of carbonyl (C=O) groups excluding carboxylic acids is 2. The van der Waals surface area contributed by atoms with Crippen molar-refractivity contribution in [1.82, 2.24) is 14.9 Å². The van der Waals surface area contributed by atoms with Gasteiger partial charge in [0.2, 0.25) is 21.8 Å². The zero-order valence-corrected chi connectivity index (χ0v) is 24.7. The van der Waals surface area contributed by atoms with E-state index in [1.165, 1.54) is 12.1 Å². The van der Waals surface area contributed by atoms with Crippen LogP contribution in [-0.4, -0.2) is 59.0 Å². The Labute approximate surface area is 242 Å². The lowest BCUT2D eigenvalue weighted by molar-refractivity contribution is -0.141. The van der Waals surface area contributed by atoms with E-state index in [2.05, 4.69) is 10.0 Å². The van der Waals surface area contributed by atoms with Crippen LogP contribution in [0.25, 0.3) is 0 Å². The van der Waals surface area contributed by atoms with Crippen LogP contribution in [0, 0.1) is 0 Å². The monoisotopic (exact) mass is 581 g/mol. The maximum Gasteiger partial charge on any atom is 0.247 e. The Morgan fingerprint density at radius 1 is 0.902 bits per heavy atom. The summed E-state index contributed by atoms with van der Waals surface area (Å²) in [6, 6.07) is 22.3. The molecule has 3 aromatic rings. The highest BCUT2D eigenvalue weighted by Gasteiger charge is 2.31. The lowest BCUT2D eigenvalue weighted by atomic mass is 10.0. The molecule has 1 atom stereocenters. The molecule has 0 fully saturated rings. The fourth-order valence-electron chi connectivity index (χ4n) is 4.39. The maximum absolute atomic E-state index is 13.8. The third-order valence-electron chi connectivity index (χ3n) is 6.53. The van der Waals surface area contributed by atoms with E-state index in [4.69, 9.17) is 9.47 Å². The van der Waals surface area contributed by atoms with Gasteiger partial charge in [0.25, 0.3) is 0 Å². The molecule has 9 nitrogen and oxygen atoms in total. The summed E-state index contributed by atoms with van der Waals surface area (Å²) in [6.45, 7) is 3.17. The molecule has 0 spiro atoms. The third-order valence-corrected chi connectivity index (χ3v) is 8.09. The van der Waals surface area contributed by atoms with Crippen LogP contribution in [0.3, 0.4) is 0 Å². The largest absolute Gasteiger partial charge is 0.497 e. The van der Waals surface area contributed by atoms with Crippen molar-refractivity contribution in [1.29, 1.82) is 0 Å². The first-order valence-corrected chi connectivity index (χ1v) is 15.1. The quantitative estimate of drug-likeness (QED) is 0.249. The minimum Gasteiger partial charge on any atom is -0.497 e. The summed E-state index contributed by atoms with van der Waals surface area (Å²) in [5.41, 5.74) is 2.38. The van der Waals surface area contributed by atoms with Gasteiger partial charge < -0.3 is 19.7 Å². The smallest absolute Gasteiger partial charge is 0.247 e. The number of rotatable bonds is 16. The van der Waals surface area contributed by atoms with Gasteiger partial charge in [0.05, 0.1) is 12.0 Å². The molecule has 0 saturated heterocycles. The normalized spacial score (nSPS) is 12.0. The molecule has 2 N–H and O–H groups in total. The van der Waals surface area contributed by atoms with Gasteiger partial charge in [-0.1, -0.05) is 61.5 Å². The van der Waals surface area contributed by atoms with E-state index in [1.54, 1.807) is 38.2 Å². The van der Waals surface area contributed by atoms with Crippen LogP contribution < -0.4 is 14.8 Å². The Hall–Kier alpha value is -3.73. The van der Waals surface area contributed by atoms with E-state index in [-0.39, 0.29) is 29.7 Å². The van der Waals surface area contributed by atoms with Crippen molar-refractivity contribution in [3.05, 3.63) is 95.6 Å². The van der Waals surface area contributed by atoms with E-state index < -0.39 is 16.1 Å². The van der Waals surface area contributed by atoms with Crippen molar-refractivity contribution in [3.63, 3.8) is 0 Å². The van der Waals surface area contributed by atoms with Crippen molar-refractivity contribution in [2.24, 2.45) is 0 Å². The molecule has 0 radical (unpaired) electrons. The molecule has 0 saturated carbocycles. The zero-order valence-electron chi connectivity index (χ0n) is 23.8. The Morgan fingerprint density at radius 2 is 1.56 bits per heavy atom. The number of hydrogen-bond donors (Lipinski definition) is 2. The molecule has 0 aliphatic carbocycles. The number of nitrogens with zero attached hydrogens (tertiary/aromatic N) is 1. The van der Waals surface area contributed by atoms with Crippen LogP contribution in [0.4, 0.5) is 0 Å². The van der Waals surface area contributed by atoms with Crippen molar-refractivity contribution < 1.29 is 27.5 Å². The average molecular weight is 582 g/mol. The van der Waals surface area contributed by atoms with Crippen LogP contribution in [-0.2, 0) is 37.3 Å². The Balaban J connectivity index is 1.87. The zero-order chi connectivity index (χ0) is 29.7. The molecule has 1 unspecified atom stereocenters. The van der Waals surface area contributed by atoms with E-state index in [0.717, 1.165) is 11.1 Å². The summed E-state index contributed by atoms with van der Waals surface area (Å²) in [6.07, 6.45) is 1.17. The molecule has 3 aromatic carbocycles. The molecule has 0 heterocycles. The molecule has 0 bridgehead atoms. The van der Waals surface area contributed by atoms with Gasteiger partial charge in [-0.15, -0.1) is 0 Å². The first-order valence-electron chi connectivity index (χ1n) is 13.6. The number of sulfonamides is 1. The summed E-state index contributed by atoms with van der Waals surface area (Å²) in [5.74, 6) is 0.222. The van der Waals surface area contributed by atoms with E-state index in [9.17, 15) is 18.0 Å². The standard InChI is InChI=1S/C31H39N3O6S/c1-4-33-41(37,38)28-18-13-24(14-19-28)15-20-29(35)34(23-25-11-16-27(40-3)17-12-25)30(26-9-6-5-7-10-26)31(36)32-21-8-22-39-2/h5-7,9-14,16-19,30,33H,4,8,15,20-23H2,1-3H3,(H,32,36). The molecule has 0 aliphatic heterocycles. The van der Waals surface area contributed by atoms with Crippen LogP contribution in [0.15, 0.2) is 83.8 Å². The molecular formula is C31H39N3O6S. The molecule has 2 amide bonds. The topological polar surface area (TPSA) is 114 Å². The van der Waals surface area contributed by atoms with Gasteiger partial charge >= 0.3 is 0 Å². The van der Waals surface area contributed by atoms with Gasteiger partial charge in [0, 0.05) is 39.8 Å². The Bertz CT molecular complexity index is 1350. The average Bonchev–Trinajstić information content (AvgIpc) is 2.99. The molecule has 41 heavy (non-hydrogen) atoms. The number of methoxy groups -OCH3 is 2. The van der Waals surface area contributed by atoms with E-state index in [1.807, 2.05) is 54.6 Å². The summed E-state index contributed by atoms with van der Waals surface area (Å²) >= 11 is 0. The van der Waals surface area contributed by atoms with Crippen molar-refractivity contribution in [2.75, 3.05) is 33.9 Å². The van der Waals surface area contributed by atoms with Crippen molar-refractivity contribution in [3.8, 4) is 5.75 Å². The predicted octanol–water partition coefficient (Wildman–Crippen LogP) is 3.85. The third kappa shape index (κ3) is 9.41. The SMILES string of the molecule is CCNS(=O)(=O)c1ccc(CCC(=O)N(Cc2ccc(OC)cc2)C(C(=O)NCCCOC)c2ccccc2)cc1. The Kier molecular flexibility index (Phi) is 12.3. The highest BCUT2D eigenvalue weighted by Crippen LogP contribution is 2.26. The number of aryl methyl sites for hydroxylation is 1. The minimum absolute atomic E-state index is 0.135. The van der Waals surface area contributed by atoms with Gasteiger partial charge in [0.1, 0.15) is 11.8 Å². The molecule has 3 rings (SSSR count). The van der Waals surface area contributed by atoms with Gasteiger partial charge in [-0.25, -0.2) is 13.1 Å². The highest BCUT2D eigenvalue weighted by atomic mass is 32.2. The first-order chi connectivity index (χ1) is 19.8. The van der Waals surface area contributed by atoms with Crippen LogP contribution in [0.2, 0.25) is 0 Å². The fraction of sp³-hybridized carbons (Fsp3) is 0.355. The molecule has 0 aliphatic rings. The number of benzene rings is 3. The fourth-order valence-corrected chi connectivity index (χ4v) is 5.43. The summed E-state index contributed by atoms with van der Waals surface area (Å²) in [7, 11) is -0.362. The minimum atomic E-state index is -3.56. The van der Waals surface area contributed by atoms with Gasteiger partial charge in [-0.05, 0) is 53.8 Å². The second-order valence-electron chi connectivity index (χ2n) is 9.47. The van der Waals surface area contributed by atoms with Crippen molar-refractivity contribution in [2.45, 2.75) is 43.7 Å². The molecule has 0 aromatic heterocycles. The summed E-state index contributed by atoms with van der Waals surface area (Å²) < 4.78 is 37.4. The van der Waals surface area contributed by atoms with E-state index >= 15 is 0 Å². The number of nitrogens with one attached hydrogen (secondary N) is 2. The van der Waals surface area contributed by atoms with Gasteiger partial charge in [0.15, 0.2) is 0 Å². The highest BCUT2D eigenvalue weighted by molar-refractivity contribution is 7.89. The van der Waals surface area contributed by atoms with E-state index in [0.29, 0.717) is 43.9 Å². The molecular weight excluding hydrogens is 542 g/mol. The van der Waals surface area contributed by atoms with Crippen LogP contribution >= 0.6 is 0 Å². The number of amides is 2. The van der Waals surface area contributed by atoms with Crippen LogP contribution in [0.5, 0.6) is 5.75 Å². The molecule has 220 valence electrons. The van der Waals surface area contributed by atoms with Gasteiger partial charge in [-0.2, -0.15) is 0 Å². The predicted molar refractivity (Wildman–Crippen MR) is 158 cm³/mol. The van der Waals surface area contributed by atoms with Crippen LogP contribution in [0.1, 0.15) is 42.5 Å².